The first kappa shape index (κ1) is 18.7. The maximum atomic E-state index is 12.3. The highest BCUT2D eigenvalue weighted by Crippen LogP contribution is 2.40. The van der Waals surface area contributed by atoms with Gasteiger partial charge in [0.15, 0.2) is 0 Å². The summed E-state index contributed by atoms with van der Waals surface area (Å²) in [5.74, 6) is 0.729. The Balaban J connectivity index is 1.75. The third-order valence-electron chi connectivity index (χ3n) is 5.23. The van der Waals surface area contributed by atoms with Gasteiger partial charge in [-0.1, -0.05) is 0 Å². The second-order valence-electron chi connectivity index (χ2n) is 7.38. The number of aromatic nitrogens is 3. The number of carbonyl (C=O) groups is 1. The lowest BCUT2D eigenvalue weighted by atomic mass is 9.91. The predicted octanol–water partition coefficient (Wildman–Crippen LogP) is 3.75. The molecular weight excluding hydrogens is 364 g/mol. The molecule has 2 aromatic heterocycles. The molecule has 1 aliphatic rings. The van der Waals surface area contributed by atoms with Crippen molar-refractivity contribution in [2.24, 2.45) is 0 Å². The van der Waals surface area contributed by atoms with Gasteiger partial charge in [-0.15, -0.1) is 0 Å². The number of nitrogens with zero attached hydrogens (tertiary/aromatic N) is 5. The van der Waals surface area contributed by atoms with Gasteiger partial charge in [0.1, 0.15) is 11.9 Å². The zero-order valence-corrected chi connectivity index (χ0v) is 16.6. The normalized spacial score (nSPS) is 18.1. The Bertz CT molecular complexity index is 1100. The molecule has 3 aromatic rings. The molecule has 4 rings (SSSR count). The van der Waals surface area contributed by atoms with E-state index < -0.39 is 0 Å². The number of imidazole rings is 1. The van der Waals surface area contributed by atoms with Crippen molar-refractivity contribution in [2.45, 2.75) is 39.3 Å². The van der Waals surface area contributed by atoms with E-state index in [9.17, 15) is 4.79 Å². The monoisotopic (exact) mass is 386 g/mol. The van der Waals surface area contributed by atoms with Gasteiger partial charge in [-0.25, -0.2) is 9.97 Å². The molecule has 0 fully saturated rings. The van der Waals surface area contributed by atoms with E-state index >= 15 is 0 Å². The van der Waals surface area contributed by atoms with E-state index in [2.05, 4.69) is 34.3 Å². The molecule has 1 amide bonds. The summed E-state index contributed by atoms with van der Waals surface area (Å²) >= 11 is 0. The highest BCUT2D eigenvalue weighted by Gasteiger charge is 2.32. The molecule has 0 saturated carbocycles. The highest BCUT2D eigenvalue weighted by atomic mass is 16.2. The van der Waals surface area contributed by atoms with Crippen LogP contribution in [0.2, 0.25) is 0 Å². The lowest BCUT2D eigenvalue weighted by molar-refractivity contribution is -0.117. The summed E-state index contributed by atoms with van der Waals surface area (Å²) in [4.78, 5) is 22.8. The maximum Gasteiger partial charge on any atom is 0.224 e. The van der Waals surface area contributed by atoms with Crippen LogP contribution in [0.3, 0.4) is 0 Å². The van der Waals surface area contributed by atoms with Crippen molar-refractivity contribution in [3.05, 3.63) is 65.9 Å². The van der Waals surface area contributed by atoms with Crippen LogP contribution in [0.1, 0.15) is 43.1 Å². The zero-order valence-electron chi connectivity index (χ0n) is 16.6. The fourth-order valence-corrected chi connectivity index (χ4v) is 3.91. The molecule has 146 valence electrons. The van der Waals surface area contributed by atoms with Crippen molar-refractivity contribution in [1.82, 2.24) is 14.5 Å². The van der Waals surface area contributed by atoms with Gasteiger partial charge in [-0.3, -0.25) is 4.79 Å². The SMILES string of the molecule is CC(=O)N1c2ccc(-n3cnc(C)c3)cc2[C@H](Nc2ccc(C#N)cn2)C[C@@H]1C. The van der Waals surface area contributed by atoms with Gasteiger partial charge in [0, 0.05) is 42.3 Å². The Hall–Kier alpha value is -3.66. The number of nitriles is 1. The average molecular weight is 386 g/mol. The smallest absolute Gasteiger partial charge is 0.224 e. The van der Waals surface area contributed by atoms with Crippen LogP contribution < -0.4 is 10.2 Å². The molecule has 0 unspecified atom stereocenters. The summed E-state index contributed by atoms with van der Waals surface area (Å²) in [6.07, 6.45) is 6.07. The van der Waals surface area contributed by atoms with Crippen LogP contribution in [0.15, 0.2) is 49.1 Å². The molecule has 3 heterocycles. The van der Waals surface area contributed by atoms with Crippen LogP contribution in [0.25, 0.3) is 5.69 Å². The van der Waals surface area contributed by atoms with E-state index in [-0.39, 0.29) is 18.0 Å². The molecule has 2 atom stereocenters. The van der Waals surface area contributed by atoms with Crippen LogP contribution in [0.4, 0.5) is 11.5 Å². The first-order valence-corrected chi connectivity index (χ1v) is 9.53. The van der Waals surface area contributed by atoms with Crippen LogP contribution >= 0.6 is 0 Å². The molecule has 7 heteroatoms. The van der Waals surface area contributed by atoms with Crippen molar-refractivity contribution in [3.8, 4) is 11.8 Å². The Morgan fingerprint density at radius 2 is 2.10 bits per heavy atom. The predicted molar refractivity (Wildman–Crippen MR) is 111 cm³/mol. The molecule has 7 nitrogen and oxygen atoms in total. The standard InChI is InChI=1S/C22H22N6O/c1-14-12-27(13-25-14)18-5-6-21-19(9-18)20(8-15(2)28(21)16(3)29)26-22-7-4-17(10-23)11-24-22/h4-7,9,11-13,15,20H,8H2,1-3H3,(H,24,26)/t15-,20+/m0/s1. The third-order valence-corrected chi connectivity index (χ3v) is 5.23. The van der Waals surface area contributed by atoms with Crippen LogP contribution in [0, 0.1) is 18.3 Å². The van der Waals surface area contributed by atoms with Crippen molar-refractivity contribution in [3.63, 3.8) is 0 Å². The summed E-state index contributed by atoms with van der Waals surface area (Å²) in [6, 6.07) is 11.8. The van der Waals surface area contributed by atoms with Gasteiger partial charge in [0.05, 0.1) is 23.6 Å². The quantitative estimate of drug-likeness (QED) is 0.741. The van der Waals surface area contributed by atoms with E-state index in [1.807, 2.05) is 40.8 Å². The number of hydrogen-bond acceptors (Lipinski definition) is 5. The van der Waals surface area contributed by atoms with E-state index in [0.29, 0.717) is 11.4 Å². The number of fused-ring (bicyclic) bond motifs is 1. The fraction of sp³-hybridized carbons (Fsp3) is 0.273. The van der Waals surface area contributed by atoms with Crippen molar-refractivity contribution in [2.75, 3.05) is 10.2 Å². The largest absolute Gasteiger partial charge is 0.363 e. The van der Waals surface area contributed by atoms with Gasteiger partial charge in [-0.05, 0) is 50.6 Å². The maximum absolute atomic E-state index is 12.3. The van der Waals surface area contributed by atoms with Crippen LogP contribution in [-0.4, -0.2) is 26.5 Å². The topological polar surface area (TPSA) is 86.8 Å². The summed E-state index contributed by atoms with van der Waals surface area (Å²) in [7, 11) is 0. The van der Waals surface area contributed by atoms with Gasteiger partial charge in [-0.2, -0.15) is 5.26 Å². The molecule has 0 radical (unpaired) electrons. The summed E-state index contributed by atoms with van der Waals surface area (Å²) < 4.78 is 1.97. The zero-order chi connectivity index (χ0) is 20.5. The number of benzene rings is 1. The van der Waals surface area contributed by atoms with E-state index in [0.717, 1.165) is 29.1 Å². The number of aryl methyl sites for hydroxylation is 1. The molecular formula is C22H22N6O. The first-order valence-electron chi connectivity index (χ1n) is 9.53. The number of pyridine rings is 1. The lowest BCUT2D eigenvalue weighted by Gasteiger charge is -2.39. The number of carbonyl (C=O) groups excluding carboxylic acids is 1. The van der Waals surface area contributed by atoms with Gasteiger partial charge in [0.2, 0.25) is 5.91 Å². The highest BCUT2D eigenvalue weighted by molar-refractivity contribution is 5.94. The van der Waals surface area contributed by atoms with Crippen molar-refractivity contribution in [1.29, 1.82) is 5.26 Å². The van der Waals surface area contributed by atoms with E-state index in [1.165, 1.54) is 0 Å². The number of rotatable bonds is 3. The summed E-state index contributed by atoms with van der Waals surface area (Å²) in [5, 5.41) is 12.5. The van der Waals surface area contributed by atoms with Crippen molar-refractivity contribution >= 4 is 17.4 Å². The molecule has 29 heavy (non-hydrogen) atoms. The third kappa shape index (κ3) is 3.57. The molecule has 0 aliphatic carbocycles. The molecule has 1 N–H and O–H groups in total. The molecule has 0 spiro atoms. The van der Waals surface area contributed by atoms with Crippen molar-refractivity contribution < 1.29 is 4.79 Å². The molecule has 1 aromatic carbocycles. The van der Waals surface area contributed by atoms with Gasteiger partial charge < -0.3 is 14.8 Å². The second kappa shape index (κ2) is 7.40. The first-order chi connectivity index (χ1) is 14.0. The second-order valence-corrected chi connectivity index (χ2v) is 7.38. The van der Waals surface area contributed by atoms with Gasteiger partial charge in [0.25, 0.3) is 0 Å². The van der Waals surface area contributed by atoms with Crippen LogP contribution in [0.5, 0.6) is 0 Å². The number of anilines is 2. The minimum atomic E-state index is -0.0133. The van der Waals surface area contributed by atoms with E-state index in [4.69, 9.17) is 5.26 Å². The Labute approximate surface area is 169 Å². The fourth-order valence-electron chi connectivity index (χ4n) is 3.91. The minimum Gasteiger partial charge on any atom is -0.363 e. The van der Waals surface area contributed by atoms with E-state index in [1.54, 1.807) is 25.5 Å². The summed E-state index contributed by atoms with van der Waals surface area (Å²) in [6.45, 7) is 5.61. The number of amides is 1. The molecule has 1 aliphatic heterocycles. The van der Waals surface area contributed by atoms with Gasteiger partial charge >= 0.3 is 0 Å². The minimum absolute atomic E-state index is 0.0133. The van der Waals surface area contributed by atoms with Crippen LogP contribution in [-0.2, 0) is 4.79 Å². The Morgan fingerprint density at radius 3 is 2.72 bits per heavy atom. The Morgan fingerprint density at radius 1 is 1.28 bits per heavy atom. The number of hydrogen-bond donors (Lipinski definition) is 1. The average Bonchev–Trinajstić information content (AvgIpc) is 3.14. The Kier molecular flexibility index (Phi) is 4.77. The molecule has 0 bridgehead atoms. The number of nitrogens with one attached hydrogen (secondary N) is 1. The molecule has 0 saturated heterocycles. The lowest BCUT2D eigenvalue weighted by Crippen LogP contribution is -2.43. The summed E-state index contributed by atoms with van der Waals surface area (Å²) in [5.41, 5.74) is 4.39.